The first-order valence-corrected chi connectivity index (χ1v) is 7.56. The molecule has 1 aromatic carbocycles. The maximum Gasteiger partial charge on any atom is 0.162 e. The normalized spacial score (nSPS) is 18.7. The molecule has 1 fully saturated rings. The Bertz CT molecular complexity index is 632. The zero-order valence-corrected chi connectivity index (χ0v) is 11.9. The molecule has 1 aromatic heterocycles. The van der Waals surface area contributed by atoms with Gasteiger partial charge in [-0.15, -0.1) is 0 Å². The summed E-state index contributed by atoms with van der Waals surface area (Å²) in [6.45, 7) is 3.38. The number of nitrogens with one attached hydrogen (secondary N) is 2. The van der Waals surface area contributed by atoms with Gasteiger partial charge in [0.05, 0.1) is 11.9 Å². The van der Waals surface area contributed by atoms with Gasteiger partial charge < -0.3 is 19.8 Å². The van der Waals surface area contributed by atoms with E-state index < -0.39 is 0 Å². The number of aromatic nitrogens is 2. The minimum atomic E-state index is 0.539. The molecule has 2 N–H and O–H groups in total. The van der Waals surface area contributed by atoms with Gasteiger partial charge in [-0.3, -0.25) is 0 Å². The van der Waals surface area contributed by atoms with Crippen LogP contribution in [0.3, 0.4) is 0 Å². The van der Waals surface area contributed by atoms with Crippen LogP contribution in [0.25, 0.3) is 11.3 Å². The summed E-state index contributed by atoms with van der Waals surface area (Å²) in [5.41, 5.74) is 2.13. The summed E-state index contributed by atoms with van der Waals surface area (Å²) >= 11 is 0. The second kappa shape index (κ2) is 5.41. The van der Waals surface area contributed by atoms with Crippen molar-refractivity contribution in [3.8, 4) is 22.8 Å². The summed E-state index contributed by atoms with van der Waals surface area (Å²) in [7, 11) is 0. The Kier molecular flexibility index (Phi) is 3.27. The molecule has 0 saturated carbocycles. The summed E-state index contributed by atoms with van der Waals surface area (Å²) in [6.07, 6.45) is 4.21. The van der Waals surface area contributed by atoms with Crippen LogP contribution in [0.2, 0.25) is 0 Å². The Balaban J connectivity index is 1.60. The van der Waals surface area contributed by atoms with Gasteiger partial charge >= 0.3 is 0 Å². The predicted molar refractivity (Wildman–Crippen MR) is 79.9 cm³/mol. The SMILES string of the molecule is c1cc2c(cc1-c1cnc(C3CCNCC3)[nH]1)OCCO2. The standard InChI is InChI=1S/C16H19N3O2/c1-2-14-15(21-8-7-20-14)9-12(1)13-10-18-16(19-13)11-3-5-17-6-4-11/h1-2,9-11,17H,3-8H2,(H,18,19). The summed E-state index contributed by atoms with van der Waals surface area (Å²) in [6, 6.07) is 6.04. The van der Waals surface area contributed by atoms with Crippen molar-refractivity contribution in [1.29, 1.82) is 0 Å². The maximum absolute atomic E-state index is 5.64. The monoisotopic (exact) mass is 285 g/mol. The van der Waals surface area contributed by atoms with Crippen LogP contribution >= 0.6 is 0 Å². The molecule has 2 aliphatic rings. The van der Waals surface area contributed by atoms with Crippen molar-refractivity contribution in [3.63, 3.8) is 0 Å². The predicted octanol–water partition coefficient (Wildman–Crippen LogP) is 2.31. The molecular weight excluding hydrogens is 266 g/mol. The fourth-order valence-corrected chi connectivity index (χ4v) is 3.00. The summed E-state index contributed by atoms with van der Waals surface area (Å²) < 4.78 is 11.2. The number of H-pyrrole nitrogens is 1. The van der Waals surface area contributed by atoms with Gasteiger partial charge in [-0.05, 0) is 44.1 Å². The molecule has 0 aliphatic carbocycles. The third-order valence-electron chi connectivity index (χ3n) is 4.17. The van der Waals surface area contributed by atoms with E-state index in [-0.39, 0.29) is 0 Å². The van der Waals surface area contributed by atoms with Crippen molar-refractivity contribution in [2.45, 2.75) is 18.8 Å². The van der Waals surface area contributed by atoms with Crippen LogP contribution in [-0.2, 0) is 0 Å². The number of rotatable bonds is 2. The highest BCUT2D eigenvalue weighted by atomic mass is 16.6. The number of benzene rings is 1. The molecule has 0 bridgehead atoms. The molecular formula is C16H19N3O2. The zero-order valence-electron chi connectivity index (χ0n) is 11.9. The zero-order chi connectivity index (χ0) is 14.1. The highest BCUT2D eigenvalue weighted by Crippen LogP contribution is 2.34. The molecule has 5 nitrogen and oxygen atoms in total. The first-order chi connectivity index (χ1) is 10.4. The number of imidazole rings is 1. The maximum atomic E-state index is 5.64. The lowest BCUT2D eigenvalue weighted by Gasteiger charge is -2.20. The first kappa shape index (κ1) is 12.7. The Morgan fingerprint density at radius 3 is 2.71 bits per heavy atom. The molecule has 0 radical (unpaired) electrons. The molecule has 0 unspecified atom stereocenters. The Morgan fingerprint density at radius 1 is 1.05 bits per heavy atom. The number of piperidine rings is 1. The van der Waals surface area contributed by atoms with Crippen LogP contribution < -0.4 is 14.8 Å². The number of nitrogens with zero attached hydrogens (tertiary/aromatic N) is 1. The number of hydrogen-bond donors (Lipinski definition) is 2. The number of hydrogen-bond acceptors (Lipinski definition) is 4. The van der Waals surface area contributed by atoms with Gasteiger partial charge in [0.15, 0.2) is 11.5 Å². The van der Waals surface area contributed by atoms with Crippen LogP contribution in [0.4, 0.5) is 0 Å². The molecule has 110 valence electrons. The van der Waals surface area contributed by atoms with E-state index in [2.05, 4.69) is 15.3 Å². The molecule has 0 amide bonds. The van der Waals surface area contributed by atoms with Gasteiger partial charge in [0.25, 0.3) is 0 Å². The largest absolute Gasteiger partial charge is 0.486 e. The molecule has 1 saturated heterocycles. The Labute approximate surface area is 123 Å². The second-order valence-electron chi connectivity index (χ2n) is 5.56. The first-order valence-electron chi connectivity index (χ1n) is 7.56. The highest BCUT2D eigenvalue weighted by molar-refractivity contribution is 5.63. The number of ether oxygens (including phenoxy) is 2. The van der Waals surface area contributed by atoms with Crippen molar-refractivity contribution in [3.05, 3.63) is 30.2 Å². The van der Waals surface area contributed by atoms with Crippen molar-refractivity contribution >= 4 is 0 Å². The van der Waals surface area contributed by atoms with E-state index in [1.165, 1.54) is 0 Å². The van der Waals surface area contributed by atoms with E-state index in [0.29, 0.717) is 19.1 Å². The fourth-order valence-electron chi connectivity index (χ4n) is 3.00. The Hall–Kier alpha value is -2.01. The second-order valence-corrected chi connectivity index (χ2v) is 5.56. The number of fused-ring (bicyclic) bond motifs is 1. The van der Waals surface area contributed by atoms with Gasteiger partial charge in [-0.25, -0.2) is 4.98 Å². The highest BCUT2D eigenvalue weighted by Gasteiger charge is 2.19. The summed E-state index contributed by atoms with van der Waals surface area (Å²) in [5.74, 6) is 3.28. The minimum Gasteiger partial charge on any atom is -0.486 e. The van der Waals surface area contributed by atoms with Crippen molar-refractivity contribution in [2.24, 2.45) is 0 Å². The molecule has 0 atom stereocenters. The van der Waals surface area contributed by atoms with Gasteiger partial charge in [0.1, 0.15) is 19.0 Å². The fraction of sp³-hybridized carbons (Fsp3) is 0.438. The molecule has 2 aliphatic heterocycles. The van der Waals surface area contributed by atoms with Crippen LogP contribution in [0.1, 0.15) is 24.6 Å². The lowest BCUT2D eigenvalue weighted by molar-refractivity contribution is 0.171. The van der Waals surface area contributed by atoms with E-state index in [0.717, 1.165) is 54.5 Å². The molecule has 4 rings (SSSR count). The lowest BCUT2D eigenvalue weighted by Crippen LogP contribution is -2.27. The van der Waals surface area contributed by atoms with E-state index in [4.69, 9.17) is 9.47 Å². The third-order valence-corrected chi connectivity index (χ3v) is 4.17. The van der Waals surface area contributed by atoms with Crippen molar-refractivity contribution in [2.75, 3.05) is 26.3 Å². The molecule has 21 heavy (non-hydrogen) atoms. The average molecular weight is 285 g/mol. The van der Waals surface area contributed by atoms with Crippen LogP contribution in [0.15, 0.2) is 24.4 Å². The van der Waals surface area contributed by atoms with Crippen LogP contribution in [0, 0.1) is 0 Å². The summed E-state index contributed by atoms with van der Waals surface area (Å²) in [5, 5.41) is 3.39. The van der Waals surface area contributed by atoms with Crippen LogP contribution in [-0.4, -0.2) is 36.3 Å². The van der Waals surface area contributed by atoms with Crippen LogP contribution in [0.5, 0.6) is 11.5 Å². The van der Waals surface area contributed by atoms with Gasteiger partial charge in [0.2, 0.25) is 0 Å². The molecule has 2 aromatic rings. The molecule has 3 heterocycles. The topological polar surface area (TPSA) is 59.2 Å². The van der Waals surface area contributed by atoms with E-state index in [1.807, 2.05) is 24.4 Å². The van der Waals surface area contributed by atoms with Gasteiger partial charge in [-0.1, -0.05) is 0 Å². The third kappa shape index (κ3) is 2.49. The molecule has 5 heteroatoms. The Morgan fingerprint density at radius 2 is 1.86 bits per heavy atom. The lowest BCUT2D eigenvalue weighted by atomic mass is 9.98. The quantitative estimate of drug-likeness (QED) is 0.889. The van der Waals surface area contributed by atoms with Gasteiger partial charge in [0, 0.05) is 11.5 Å². The summed E-state index contributed by atoms with van der Waals surface area (Å²) in [4.78, 5) is 8.04. The van der Waals surface area contributed by atoms with Crippen molar-refractivity contribution in [1.82, 2.24) is 15.3 Å². The van der Waals surface area contributed by atoms with E-state index >= 15 is 0 Å². The van der Waals surface area contributed by atoms with Gasteiger partial charge in [-0.2, -0.15) is 0 Å². The van der Waals surface area contributed by atoms with E-state index in [1.54, 1.807) is 0 Å². The molecule has 0 spiro atoms. The smallest absolute Gasteiger partial charge is 0.162 e. The average Bonchev–Trinajstić information content (AvgIpc) is 3.05. The number of aromatic amines is 1. The minimum absolute atomic E-state index is 0.539. The van der Waals surface area contributed by atoms with E-state index in [9.17, 15) is 0 Å². The van der Waals surface area contributed by atoms with Crippen molar-refractivity contribution < 1.29 is 9.47 Å².